The number of H-pyrrole nitrogens is 1. The number of hydrogen-bond donors (Lipinski definition) is 1. The maximum absolute atomic E-state index is 4.33. The second-order valence-corrected chi connectivity index (χ2v) is 4.70. The highest BCUT2D eigenvalue weighted by Crippen LogP contribution is 2.32. The van der Waals surface area contributed by atoms with Crippen LogP contribution in [0.4, 0.5) is 5.82 Å². The molecule has 0 atom stereocenters. The van der Waals surface area contributed by atoms with E-state index in [1.807, 2.05) is 25.3 Å². The van der Waals surface area contributed by atoms with Gasteiger partial charge in [-0.15, -0.1) is 0 Å². The van der Waals surface area contributed by atoms with E-state index in [1.165, 1.54) is 5.56 Å². The fourth-order valence-corrected chi connectivity index (χ4v) is 1.61. The minimum absolute atomic E-state index is 0.110. The van der Waals surface area contributed by atoms with Gasteiger partial charge in [0.1, 0.15) is 5.82 Å². The first kappa shape index (κ1) is 12.5. The number of nitrogens with zero attached hydrogens (tertiary/aromatic N) is 1. The summed E-state index contributed by atoms with van der Waals surface area (Å²) < 4.78 is 0. The van der Waals surface area contributed by atoms with Gasteiger partial charge in [-0.25, -0.2) is 4.99 Å². The predicted molar refractivity (Wildman–Crippen MR) is 72.5 cm³/mol. The van der Waals surface area contributed by atoms with Gasteiger partial charge in [-0.2, -0.15) is 0 Å². The second-order valence-electron chi connectivity index (χ2n) is 4.70. The Morgan fingerprint density at radius 1 is 1.38 bits per heavy atom. The zero-order valence-electron chi connectivity index (χ0n) is 10.5. The molecule has 2 nitrogen and oxygen atoms in total. The van der Waals surface area contributed by atoms with Crippen molar-refractivity contribution in [2.45, 2.75) is 33.1 Å². The maximum Gasteiger partial charge on any atom is 0.137 e. The first-order valence-corrected chi connectivity index (χ1v) is 5.50. The molecular weight excluding hydrogens is 196 g/mol. The molecule has 0 aliphatic rings. The topological polar surface area (TPSA) is 28.1 Å². The summed E-state index contributed by atoms with van der Waals surface area (Å²) in [6.45, 7) is 12.2. The zero-order valence-corrected chi connectivity index (χ0v) is 10.5. The van der Waals surface area contributed by atoms with Gasteiger partial charge in [-0.05, 0) is 17.9 Å². The van der Waals surface area contributed by atoms with Crippen molar-refractivity contribution in [1.82, 2.24) is 4.98 Å². The molecule has 1 aromatic rings. The van der Waals surface area contributed by atoms with Crippen LogP contribution in [-0.2, 0) is 5.41 Å². The highest BCUT2D eigenvalue weighted by atomic mass is 14.9. The molecule has 0 bridgehead atoms. The lowest BCUT2D eigenvalue weighted by Gasteiger charge is -2.18. The first-order valence-electron chi connectivity index (χ1n) is 5.50. The van der Waals surface area contributed by atoms with E-state index in [2.05, 4.69) is 37.3 Å². The molecule has 0 amide bonds. The molecule has 0 unspecified atom stereocenters. The first-order chi connectivity index (χ1) is 7.50. The van der Waals surface area contributed by atoms with Crippen molar-refractivity contribution in [2.75, 3.05) is 0 Å². The van der Waals surface area contributed by atoms with E-state index >= 15 is 0 Å². The molecule has 0 aliphatic heterocycles. The summed E-state index contributed by atoms with van der Waals surface area (Å²) >= 11 is 0. The quantitative estimate of drug-likeness (QED) is 0.578. The van der Waals surface area contributed by atoms with Gasteiger partial charge in [0.15, 0.2) is 0 Å². The Labute approximate surface area is 97.8 Å². The molecule has 1 N–H and O–H groups in total. The van der Waals surface area contributed by atoms with Gasteiger partial charge in [0, 0.05) is 18.0 Å². The van der Waals surface area contributed by atoms with Crippen molar-refractivity contribution in [2.24, 2.45) is 4.99 Å². The molecule has 16 heavy (non-hydrogen) atoms. The smallest absolute Gasteiger partial charge is 0.137 e. The normalized spacial score (nSPS) is 12.8. The molecular formula is C14H20N2. The number of allylic oxidation sites excluding steroid dienone is 2. The van der Waals surface area contributed by atoms with Crippen LogP contribution in [-0.4, -0.2) is 11.2 Å². The van der Waals surface area contributed by atoms with Crippen LogP contribution in [0.15, 0.2) is 29.9 Å². The molecule has 2 heteroatoms. The number of aromatic amines is 1. The van der Waals surface area contributed by atoms with Crippen LogP contribution >= 0.6 is 0 Å². The maximum atomic E-state index is 4.33. The van der Waals surface area contributed by atoms with Gasteiger partial charge >= 0.3 is 0 Å². The van der Waals surface area contributed by atoms with Crippen LogP contribution < -0.4 is 0 Å². The van der Waals surface area contributed by atoms with Crippen molar-refractivity contribution in [1.29, 1.82) is 0 Å². The van der Waals surface area contributed by atoms with Crippen LogP contribution in [0.25, 0.3) is 6.08 Å². The lowest BCUT2D eigenvalue weighted by Crippen LogP contribution is -2.11. The zero-order chi connectivity index (χ0) is 12.2. The number of nitrogens with one attached hydrogen (secondary N) is 1. The highest BCUT2D eigenvalue weighted by Gasteiger charge is 2.20. The summed E-state index contributed by atoms with van der Waals surface area (Å²) in [5.74, 6) is 0.908. The summed E-state index contributed by atoms with van der Waals surface area (Å²) in [4.78, 5) is 7.53. The van der Waals surface area contributed by atoms with Crippen LogP contribution in [0.5, 0.6) is 0 Å². The third kappa shape index (κ3) is 2.72. The Balaban J connectivity index is 3.30. The van der Waals surface area contributed by atoms with E-state index in [0.717, 1.165) is 11.4 Å². The van der Waals surface area contributed by atoms with Gasteiger partial charge < -0.3 is 4.98 Å². The Bertz CT molecular complexity index is 414. The molecule has 0 radical (unpaired) electrons. The fraction of sp³-hybridized carbons (Fsp3) is 0.357. The van der Waals surface area contributed by atoms with Crippen molar-refractivity contribution in [3.05, 3.63) is 36.1 Å². The number of aromatic nitrogens is 1. The summed E-state index contributed by atoms with van der Waals surface area (Å²) in [5.41, 5.74) is 2.52. The van der Waals surface area contributed by atoms with E-state index < -0.39 is 0 Å². The molecule has 0 aromatic carbocycles. The van der Waals surface area contributed by atoms with Crippen LogP contribution in [0.2, 0.25) is 0 Å². The molecule has 86 valence electrons. The Hall–Kier alpha value is -1.57. The van der Waals surface area contributed by atoms with Gasteiger partial charge in [-0.1, -0.05) is 45.6 Å². The SMILES string of the molecule is C=C/C=C\c1c(C(C)(C)C)c[nH]c1N=CC. The molecule has 1 aromatic heterocycles. The van der Waals surface area contributed by atoms with Gasteiger partial charge in [0.25, 0.3) is 0 Å². The monoisotopic (exact) mass is 216 g/mol. The minimum Gasteiger partial charge on any atom is -0.346 e. The fourth-order valence-electron chi connectivity index (χ4n) is 1.61. The van der Waals surface area contributed by atoms with E-state index in [0.29, 0.717) is 0 Å². The minimum atomic E-state index is 0.110. The molecule has 0 saturated carbocycles. The molecule has 1 heterocycles. The molecule has 0 aliphatic carbocycles. The predicted octanol–water partition coefficient (Wildman–Crippen LogP) is 4.23. The van der Waals surface area contributed by atoms with Crippen molar-refractivity contribution >= 4 is 18.1 Å². The van der Waals surface area contributed by atoms with Crippen molar-refractivity contribution in [3.8, 4) is 0 Å². The lowest BCUT2D eigenvalue weighted by atomic mass is 9.86. The molecule has 0 spiro atoms. The van der Waals surface area contributed by atoms with Gasteiger partial charge in [0.2, 0.25) is 0 Å². The average molecular weight is 216 g/mol. The lowest BCUT2D eigenvalue weighted by molar-refractivity contribution is 0.590. The third-order valence-corrected chi connectivity index (χ3v) is 2.36. The Morgan fingerprint density at radius 2 is 2.06 bits per heavy atom. The van der Waals surface area contributed by atoms with E-state index in [1.54, 1.807) is 12.3 Å². The van der Waals surface area contributed by atoms with Crippen molar-refractivity contribution < 1.29 is 0 Å². The molecule has 1 rings (SSSR count). The van der Waals surface area contributed by atoms with Crippen molar-refractivity contribution in [3.63, 3.8) is 0 Å². The number of rotatable bonds is 3. The van der Waals surface area contributed by atoms with E-state index in [4.69, 9.17) is 0 Å². The Kier molecular flexibility index (Phi) is 3.88. The van der Waals surface area contributed by atoms with Crippen LogP contribution in [0, 0.1) is 0 Å². The van der Waals surface area contributed by atoms with Gasteiger partial charge in [0.05, 0.1) is 0 Å². The van der Waals surface area contributed by atoms with Gasteiger partial charge in [-0.3, -0.25) is 0 Å². The van der Waals surface area contributed by atoms with E-state index in [9.17, 15) is 0 Å². The largest absolute Gasteiger partial charge is 0.346 e. The summed E-state index contributed by atoms with van der Waals surface area (Å²) in [5, 5.41) is 0. The summed E-state index contributed by atoms with van der Waals surface area (Å²) in [6, 6.07) is 0. The molecule has 0 fully saturated rings. The second kappa shape index (κ2) is 4.97. The summed E-state index contributed by atoms with van der Waals surface area (Å²) in [6.07, 6.45) is 9.59. The van der Waals surface area contributed by atoms with E-state index in [-0.39, 0.29) is 5.41 Å². The third-order valence-electron chi connectivity index (χ3n) is 2.36. The van der Waals surface area contributed by atoms with Crippen LogP contribution in [0.3, 0.4) is 0 Å². The van der Waals surface area contributed by atoms with Crippen LogP contribution in [0.1, 0.15) is 38.8 Å². The number of aliphatic imine (C=N–C) groups is 1. The Morgan fingerprint density at radius 3 is 2.56 bits per heavy atom. The summed E-state index contributed by atoms with van der Waals surface area (Å²) in [7, 11) is 0. The average Bonchev–Trinajstić information content (AvgIpc) is 2.58. The highest BCUT2D eigenvalue weighted by molar-refractivity contribution is 5.71. The molecule has 0 saturated heterocycles. The number of hydrogen-bond acceptors (Lipinski definition) is 1. The standard InChI is InChI=1S/C14H20N2/c1-6-8-9-11-12(14(3,4)5)10-16-13(11)15-7-2/h6-10,16H,1H2,2-5H3/b9-8-,15-7?.